The van der Waals surface area contributed by atoms with E-state index in [2.05, 4.69) is 15.9 Å². The fraction of sp³-hybridized carbons (Fsp3) is 0.0667. The summed E-state index contributed by atoms with van der Waals surface area (Å²) in [7, 11) is 0. The van der Waals surface area contributed by atoms with E-state index in [0.29, 0.717) is 0 Å². The number of fused-ring (bicyclic) bond motifs is 1. The van der Waals surface area contributed by atoms with E-state index in [9.17, 15) is 8.78 Å². The molecule has 2 aromatic carbocycles. The summed E-state index contributed by atoms with van der Waals surface area (Å²) in [5.74, 6) is -1.04. The molecule has 0 N–H and O–H groups in total. The normalized spacial score (nSPS) is 12.8. The molecule has 0 spiro atoms. The third-order valence-corrected chi connectivity index (χ3v) is 5.40. The topological polar surface area (TPSA) is 0 Å². The van der Waals surface area contributed by atoms with Crippen LogP contribution in [0.1, 0.15) is 15.8 Å². The molecule has 5 heteroatoms. The van der Waals surface area contributed by atoms with Gasteiger partial charge in [0.15, 0.2) is 0 Å². The summed E-state index contributed by atoms with van der Waals surface area (Å²) in [6, 6.07) is 12.0. The van der Waals surface area contributed by atoms with Crippen molar-refractivity contribution in [2.75, 3.05) is 0 Å². The van der Waals surface area contributed by atoms with Gasteiger partial charge in [0.05, 0.1) is 9.85 Å². The number of halogens is 4. The van der Waals surface area contributed by atoms with E-state index in [1.54, 1.807) is 0 Å². The molecule has 0 saturated carbocycles. The summed E-state index contributed by atoms with van der Waals surface area (Å²) in [5.41, 5.74) is 0.152. The molecule has 1 aromatic heterocycles. The van der Waals surface area contributed by atoms with Crippen molar-refractivity contribution < 1.29 is 8.78 Å². The lowest BCUT2D eigenvalue weighted by molar-refractivity contribution is 0.582. The minimum Gasteiger partial charge on any atom is -0.207 e. The van der Waals surface area contributed by atoms with E-state index in [4.69, 9.17) is 11.6 Å². The highest BCUT2D eigenvalue weighted by Gasteiger charge is 2.19. The molecule has 3 aromatic rings. The Balaban J connectivity index is 2.07. The maximum Gasteiger partial charge on any atom is 0.137 e. The van der Waals surface area contributed by atoms with Crippen LogP contribution in [0.25, 0.3) is 10.1 Å². The van der Waals surface area contributed by atoms with E-state index in [0.717, 1.165) is 27.1 Å². The number of benzene rings is 2. The molecule has 0 nitrogen and oxygen atoms in total. The van der Waals surface area contributed by atoms with Gasteiger partial charge in [-0.3, -0.25) is 0 Å². The molecule has 0 radical (unpaired) electrons. The first-order valence-corrected chi connectivity index (χ1v) is 7.88. The molecular formula is C15H8BrClF2S. The van der Waals surface area contributed by atoms with Crippen LogP contribution in [0.15, 0.2) is 46.9 Å². The van der Waals surface area contributed by atoms with E-state index >= 15 is 0 Å². The molecule has 0 aliphatic rings. The second-order valence-corrected chi connectivity index (χ2v) is 6.74. The largest absolute Gasteiger partial charge is 0.207 e. The van der Waals surface area contributed by atoms with Gasteiger partial charge in [0, 0.05) is 15.1 Å². The Hall–Kier alpha value is -0.970. The maximum absolute atomic E-state index is 13.9. The van der Waals surface area contributed by atoms with Crippen LogP contribution >= 0.6 is 38.9 Å². The van der Waals surface area contributed by atoms with Crippen LogP contribution in [0.4, 0.5) is 8.78 Å². The van der Waals surface area contributed by atoms with Gasteiger partial charge in [0.2, 0.25) is 0 Å². The summed E-state index contributed by atoms with van der Waals surface area (Å²) >= 11 is 10.8. The van der Waals surface area contributed by atoms with Crippen LogP contribution in [0, 0.1) is 11.6 Å². The Labute approximate surface area is 132 Å². The smallest absolute Gasteiger partial charge is 0.137 e. The first-order valence-electron chi connectivity index (χ1n) is 5.83. The first kappa shape index (κ1) is 14.0. The Bertz CT molecular complexity index is 752. The minimum absolute atomic E-state index is 0.0963. The lowest BCUT2D eigenvalue weighted by Crippen LogP contribution is -1.97. The van der Waals surface area contributed by atoms with Gasteiger partial charge in [-0.05, 0) is 45.6 Å². The van der Waals surface area contributed by atoms with E-state index in [1.165, 1.54) is 11.3 Å². The van der Waals surface area contributed by atoms with E-state index in [-0.39, 0.29) is 10.0 Å². The molecule has 102 valence electrons. The molecule has 0 aliphatic heterocycles. The van der Waals surface area contributed by atoms with Gasteiger partial charge in [-0.2, -0.15) is 0 Å². The maximum atomic E-state index is 13.9. The fourth-order valence-electron chi connectivity index (χ4n) is 2.01. The summed E-state index contributed by atoms with van der Waals surface area (Å²) in [5, 5.41) is 0.353. The van der Waals surface area contributed by atoms with Crippen molar-refractivity contribution in [3.8, 4) is 0 Å². The number of hydrogen-bond acceptors (Lipinski definition) is 1. The Morgan fingerprint density at radius 3 is 2.55 bits per heavy atom. The van der Waals surface area contributed by atoms with Crippen molar-refractivity contribution in [2.45, 2.75) is 5.38 Å². The molecule has 0 aliphatic carbocycles. The summed E-state index contributed by atoms with van der Waals surface area (Å²) in [4.78, 5) is 0.800. The van der Waals surface area contributed by atoms with Gasteiger partial charge in [0.25, 0.3) is 0 Å². The van der Waals surface area contributed by atoms with Crippen LogP contribution in [-0.4, -0.2) is 0 Å². The number of rotatable bonds is 2. The quantitative estimate of drug-likeness (QED) is 0.367. The van der Waals surface area contributed by atoms with E-state index < -0.39 is 17.0 Å². The van der Waals surface area contributed by atoms with Crippen molar-refractivity contribution in [3.63, 3.8) is 0 Å². The van der Waals surface area contributed by atoms with Gasteiger partial charge in [0.1, 0.15) is 11.6 Å². The molecule has 3 rings (SSSR count). The predicted octanol–water partition coefficient (Wildman–Crippen LogP) is 6.27. The minimum atomic E-state index is -0.699. The highest BCUT2D eigenvalue weighted by Crippen LogP contribution is 2.38. The average molecular weight is 374 g/mol. The van der Waals surface area contributed by atoms with Gasteiger partial charge in [-0.25, -0.2) is 8.78 Å². The zero-order valence-corrected chi connectivity index (χ0v) is 13.2. The second-order valence-electron chi connectivity index (χ2n) is 4.34. The number of hydrogen-bond donors (Lipinski definition) is 0. The van der Waals surface area contributed by atoms with Crippen molar-refractivity contribution in [3.05, 3.63) is 69.0 Å². The summed E-state index contributed by atoms with van der Waals surface area (Å²) < 4.78 is 28.7. The highest BCUT2D eigenvalue weighted by molar-refractivity contribution is 9.10. The van der Waals surface area contributed by atoms with Crippen LogP contribution in [0.2, 0.25) is 0 Å². The van der Waals surface area contributed by atoms with Crippen LogP contribution in [-0.2, 0) is 0 Å². The Morgan fingerprint density at radius 1 is 1.05 bits per heavy atom. The third kappa shape index (κ3) is 2.48. The molecule has 1 unspecified atom stereocenters. The molecule has 1 heterocycles. The number of alkyl halides is 1. The van der Waals surface area contributed by atoms with Crippen molar-refractivity contribution in [1.29, 1.82) is 0 Å². The first-order chi connectivity index (χ1) is 9.56. The number of thiophene rings is 1. The van der Waals surface area contributed by atoms with Crippen LogP contribution < -0.4 is 0 Å². The molecule has 20 heavy (non-hydrogen) atoms. The lowest BCUT2D eigenvalue weighted by Gasteiger charge is -2.09. The molecule has 0 saturated heterocycles. The molecule has 0 amide bonds. The third-order valence-electron chi connectivity index (χ3n) is 3.01. The predicted molar refractivity (Wildman–Crippen MR) is 83.6 cm³/mol. The summed E-state index contributed by atoms with van der Waals surface area (Å²) in [6.07, 6.45) is 0. The Morgan fingerprint density at radius 2 is 1.80 bits per heavy atom. The SMILES string of the molecule is Fc1cc(C(Cl)c2cc3ccccc3s2)c(F)cc1Br. The van der Waals surface area contributed by atoms with Crippen LogP contribution in [0.5, 0.6) is 0 Å². The zero-order chi connectivity index (χ0) is 14.3. The Kier molecular flexibility index (Phi) is 3.80. The van der Waals surface area contributed by atoms with Crippen molar-refractivity contribution >= 4 is 49.0 Å². The fourth-order valence-corrected chi connectivity index (χ4v) is 3.75. The summed E-state index contributed by atoms with van der Waals surface area (Å²) in [6.45, 7) is 0. The second kappa shape index (κ2) is 5.43. The highest BCUT2D eigenvalue weighted by atomic mass is 79.9. The van der Waals surface area contributed by atoms with Gasteiger partial charge in [-0.1, -0.05) is 18.2 Å². The average Bonchev–Trinajstić information content (AvgIpc) is 2.86. The molecule has 0 fully saturated rings. The molecular weight excluding hydrogens is 366 g/mol. The van der Waals surface area contributed by atoms with Crippen molar-refractivity contribution in [2.24, 2.45) is 0 Å². The zero-order valence-electron chi connectivity index (χ0n) is 10.0. The van der Waals surface area contributed by atoms with Gasteiger partial charge in [-0.15, -0.1) is 22.9 Å². The molecule has 1 atom stereocenters. The van der Waals surface area contributed by atoms with Crippen molar-refractivity contribution in [1.82, 2.24) is 0 Å². The van der Waals surface area contributed by atoms with Gasteiger partial charge < -0.3 is 0 Å². The monoisotopic (exact) mass is 372 g/mol. The standard InChI is InChI=1S/C15H8BrClF2S/c16-10-7-11(18)9(6-12(10)19)15(17)14-5-8-3-1-2-4-13(8)20-14/h1-7,15H. The lowest BCUT2D eigenvalue weighted by atomic mass is 10.1. The van der Waals surface area contributed by atoms with E-state index in [1.807, 2.05) is 30.3 Å². The molecule has 0 bridgehead atoms. The van der Waals surface area contributed by atoms with Gasteiger partial charge >= 0.3 is 0 Å². The van der Waals surface area contributed by atoms with Crippen LogP contribution in [0.3, 0.4) is 0 Å².